The molecule has 4 rings (SSSR count). The molecule has 0 radical (unpaired) electrons. The van der Waals surface area contributed by atoms with Gasteiger partial charge < -0.3 is 15.2 Å². The standard InChI is InChI=1S/C19H22N4O2/c24-18(21-15-6-7-17-20-9-10-23(17)12-15)8-5-14-11-13-3-1-2-4-16(13)22-19(14)25/h1-4,9-10,14-15H,5-8,11-12H2,(H,21,24)(H,22,25). The summed E-state index contributed by atoms with van der Waals surface area (Å²) in [5.41, 5.74) is 2.04. The Bertz CT molecular complexity index is 798. The third-order valence-corrected chi connectivity index (χ3v) is 5.13. The van der Waals surface area contributed by atoms with E-state index in [0.29, 0.717) is 19.3 Å². The number of hydrogen-bond acceptors (Lipinski definition) is 3. The first-order chi connectivity index (χ1) is 12.2. The fourth-order valence-corrected chi connectivity index (χ4v) is 3.74. The summed E-state index contributed by atoms with van der Waals surface area (Å²) >= 11 is 0. The van der Waals surface area contributed by atoms with Crippen LogP contribution in [0.5, 0.6) is 0 Å². The van der Waals surface area contributed by atoms with Gasteiger partial charge in [-0.3, -0.25) is 9.59 Å². The van der Waals surface area contributed by atoms with Crippen molar-refractivity contribution in [3.8, 4) is 0 Å². The number of aromatic nitrogens is 2. The fourth-order valence-electron chi connectivity index (χ4n) is 3.74. The first kappa shape index (κ1) is 15.9. The number of anilines is 1. The highest BCUT2D eigenvalue weighted by Crippen LogP contribution is 2.27. The smallest absolute Gasteiger partial charge is 0.227 e. The zero-order valence-corrected chi connectivity index (χ0v) is 14.1. The molecule has 2 unspecified atom stereocenters. The number of para-hydroxylation sites is 1. The predicted octanol–water partition coefficient (Wildman–Crippen LogP) is 1.91. The Morgan fingerprint density at radius 2 is 2.24 bits per heavy atom. The van der Waals surface area contributed by atoms with Crippen molar-refractivity contribution >= 4 is 17.5 Å². The number of carbonyl (C=O) groups excluding carboxylic acids is 2. The summed E-state index contributed by atoms with van der Waals surface area (Å²) in [7, 11) is 0. The van der Waals surface area contributed by atoms with Crippen molar-refractivity contribution < 1.29 is 9.59 Å². The van der Waals surface area contributed by atoms with Crippen molar-refractivity contribution in [1.82, 2.24) is 14.9 Å². The van der Waals surface area contributed by atoms with Crippen LogP contribution in [0.15, 0.2) is 36.7 Å². The van der Waals surface area contributed by atoms with Gasteiger partial charge in [0.05, 0.1) is 0 Å². The summed E-state index contributed by atoms with van der Waals surface area (Å²) in [6.07, 6.45) is 7.23. The molecule has 0 aliphatic carbocycles. The van der Waals surface area contributed by atoms with E-state index >= 15 is 0 Å². The van der Waals surface area contributed by atoms with Crippen LogP contribution in [0.3, 0.4) is 0 Å². The second kappa shape index (κ2) is 6.70. The third-order valence-electron chi connectivity index (χ3n) is 5.13. The molecule has 2 aliphatic heterocycles. The number of nitrogens with one attached hydrogen (secondary N) is 2. The number of fused-ring (bicyclic) bond motifs is 2. The van der Waals surface area contributed by atoms with E-state index in [1.54, 1.807) is 6.20 Å². The lowest BCUT2D eigenvalue weighted by Crippen LogP contribution is -2.41. The molecular formula is C19H22N4O2. The average molecular weight is 338 g/mol. The number of hydrogen-bond donors (Lipinski definition) is 2. The average Bonchev–Trinajstić information content (AvgIpc) is 3.07. The van der Waals surface area contributed by atoms with Crippen molar-refractivity contribution in [1.29, 1.82) is 0 Å². The monoisotopic (exact) mass is 338 g/mol. The van der Waals surface area contributed by atoms with E-state index in [1.165, 1.54) is 0 Å². The molecule has 2 aliphatic rings. The second-order valence-corrected chi connectivity index (χ2v) is 6.89. The molecule has 2 N–H and O–H groups in total. The topological polar surface area (TPSA) is 76.0 Å². The molecule has 25 heavy (non-hydrogen) atoms. The van der Waals surface area contributed by atoms with Gasteiger partial charge in [-0.25, -0.2) is 4.98 Å². The molecule has 1 aromatic carbocycles. The lowest BCUT2D eigenvalue weighted by atomic mass is 9.89. The lowest BCUT2D eigenvalue weighted by Gasteiger charge is -2.26. The van der Waals surface area contributed by atoms with Crippen molar-refractivity contribution in [2.24, 2.45) is 5.92 Å². The maximum Gasteiger partial charge on any atom is 0.227 e. The number of amides is 2. The van der Waals surface area contributed by atoms with Gasteiger partial charge in [-0.2, -0.15) is 0 Å². The molecule has 2 atom stereocenters. The molecule has 0 bridgehead atoms. The molecule has 6 nitrogen and oxygen atoms in total. The van der Waals surface area contributed by atoms with Gasteiger partial charge in [0.2, 0.25) is 11.8 Å². The first-order valence-corrected chi connectivity index (χ1v) is 8.87. The molecule has 130 valence electrons. The molecule has 3 heterocycles. The van der Waals surface area contributed by atoms with Gasteiger partial charge >= 0.3 is 0 Å². The Labute approximate surface area is 146 Å². The van der Waals surface area contributed by atoms with Crippen LogP contribution in [0.2, 0.25) is 0 Å². The summed E-state index contributed by atoms with van der Waals surface area (Å²) in [4.78, 5) is 28.8. The van der Waals surface area contributed by atoms with Gasteiger partial charge in [0.1, 0.15) is 5.82 Å². The molecule has 2 amide bonds. The summed E-state index contributed by atoms with van der Waals surface area (Å²) in [6.45, 7) is 0.776. The highest BCUT2D eigenvalue weighted by molar-refractivity contribution is 5.96. The number of nitrogens with zero attached hydrogens (tertiary/aromatic N) is 2. The maximum absolute atomic E-state index is 12.3. The highest BCUT2D eigenvalue weighted by atomic mass is 16.2. The number of rotatable bonds is 4. The molecule has 0 fully saturated rings. The minimum Gasteiger partial charge on any atom is -0.352 e. The van der Waals surface area contributed by atoms with Crippen LogP contribution in [-0.4, -0.2) is 27.4 Å². The molecule has 6 heteroatoms. The maximum atomic E-state index is 12.3. The van der Waals surface area contributed by atoms with Gasteiger partial charge in [0.15, 0.2) is 0 Å². The summed E-state index contributed by atoms with van der Waals surface area (Å²) in [6, 6.07) is 8.00. The number of carbonyl (C=O) groups is 2. The van der Waals surface area contributed by atoms with E-state index in [0.717, 1.165) is 36.5 Å². The number of imidazole rings is 1. The van der Waals surface area contributed by atoms with Crippen molar-refractivity contribution in [3.63, 3.8) is 0 Å². The van der Waals surface area contributed by atoms with Gasteiger partial charge in [0, 0.05) is 49.4 Å². The van der Waals surface area contributed by atoms with Crippen molar-refractivity contribution in [2.75, 3.05) is 5.32 Å². The van der Waals surface area contributed by atoms with Crippen LogP contribution in [0.4, 0.5) is 5.69 Å². The van der Waals surface area contributed by atoms with Crippen molar-refractivity contribution in [2.45, 2.75) is 44.7 Å². The number of aryl methyl sites for hydroxylation is 1. The molecular weight excluding hydrogens is 316 g/mol. The van der Waals surface area contributed by atoms with Crippen LogP contribution in [0, 0.1) is 5.92 Å². The number of benzene rings is 1. The van der Waals surface area contributed by atoms with Crippen LogP contribution in [0.1, 0.15) is 30.7 Å². The van der Waals surface area contributed by atoms with E-state index in [4.69, 9.17) is 0 Å². The summed E-state index contributed by atoms with van der Waals surface area (Å²) in [5, 5.41) is 6.05. The Balaban J connectivity index is 1.29. The lowest BCUT2D eigenvalue weighted by molar-refractivity contribution is -0.123. The Morgan fingerprint density at radius 3 is 3.16 bits per heavy atom. The quantitative estimate of drug-likeness (QED) is 0.894. The second-order valence-electron chi connectivity index (χ2n) is 6.89. The van der Waals surface area contributed by atoms with Gasteiger partial charge in [-0.15, -0.1) is 0 Å². The SMILES string of the molecule is O=C(CCC1Cc2ccccc2NC1=O)NC1CCc2nccn2C1. The van der Waals surface area contributed by atoms with Crippen LogP contribution in [-0.2, 0) is 29.0 Å². The minimum atomic E-state index is -0.132. The Morgan fingerprint density at radius 1 is 1.36 bits per heavy atom. The predicted molar refractivity (Wildman–Crippen MR) is 94.0 cm³/mol. The molecule has 1 aromatic heterocycles. The van der Waals surface area contributed by atoms with Crippen LogP contribution >= 0.6 is 0 Å². The molecule has 0 saturated heterocycles. The molecule has 0 saturated carbocycles. The third kappa shape index (κ3) is 3.43. The van der Waals surface area contributed by atoms with E-state index in [1.807, 2.05) is 30.5 Å². The van der Waals surface area contributed by atoms with E-state index in [-0.39, 0.29) is 23.8 Å². The van der Waals surface area contributed by atoms with E-state index in [2.05, 4.69) is 20.2 Å². The molecule has 2 aromatic rings. The minimum absolute atomic E-state index is 0.0206. The Kier molecular flexibility index (Phi) is 4.26. The molecule has 0 spiro atoms. The summed E-state index contributed by atoms with van der Waals surface area (Å²) < 4.78 is 2.10. The van der Waals surface area contributed by atoms with E-state index in [9.17, 15) is 9.59 Å². The van der Waals surface area contributed by atoms with E-state index < -0.39 is 0 Å². The van der Waals surface area contributed by atoms with Gasteiger partial charge in [-0.05, 0) is 30.9 Å². The normalized spacial score (nSPS) is 21.8. The highest BCUT2D eigenvalue weighted by Gasteiger charge is 2.27. The van der Waals surface area contributed by atoms with Crippen LogP contribution < -0.4 is 10.6 Å². The Hall–Kier alpha value is -2.63. The zero-order valence-electron chi connectivity index (χ0n) is 14.1. The van der Waals surface area contributed by atoms with Gasteiger partial charge in [0.25, 0.3) is 0 Å². The zero-order chi connectivity index (χ0) is 17.2. The summed E-state index contributed by atoms with van der Waals surface area (Å²) in [5.74, 6) is 1.00. The fraction of sp³-hybridized carbons (Fsp3) is 0.421. The van der Waals surface area contributed by atoms with Crippen LogP contribution in [0.25, 0.3) is 0 Å². The van der Waals surface area contributed by atoms with Gasteiger partial charge in [-0.1, -0.05) is 18.2 Å². The van der Waals surface area contributed by atoms with Crippen molar-refractivity contribution in [3.05, 3.63) is 48.0 Å². The first-order valence-electron chi connectivity index (χ1n) is 8.87. The largest absolute Gasteiger partial charge is 0.352 e.